The van der Waals surface area contributed by atoms with Crippen LogP contribution in [0.3, 0.4) is 0 Å². The number of aromatic nitrogens is 2. The predicted octanol–water partition coefficient (Wildman–Crippen LogP) is 3.15. The number of nitrogens with zero attached hydrogens (tertiary/aromatic N) is 2. The molecule has 0 saturated carbocycles. The van der Waals surface area contributed by atoms with Gasteiger partial charge in [0.1, 0.15) is 11.5 Å². The monoisotopic (exact) mass is 341 g/mol. The Morgan fingerprint density at radius 3 is 2.72 bits per heavy atom. The van der Waals surface area contributed by atoms with Crippen LogP contribution >= 0.6 is 0 Å². The Kier molecular flexibility index (Phi) is 4.56. The first-order valence-corrected chi connectivity index (χ1v) is 7.55. The Morgan fingerprint density at radius 1 is 1.24 bits per heavy atom. The lowest BCUT2D eigenvalue weighted by Crippen LogP contribution is -2.23. The van der Waals surface area contributed by atoms with Gasteiger partial charge in [0.25, 0.3) is 5.91 Å². The van der Waals surface area contributed by atoms with Crippen molar-refractivity contribution in [3.05, 3.63) is 77.9 Å². The molecule has 1 heterocycles. The molecule has 0 aliphatic rings. The number of nitrogens with one attached hydrogen (secondary N) is 2. The highest BCUT2D eigenvalue weighted by Gasteiger charge is 2.15. The zero-order valence-electron chi connectivity index (χ0n) is 13.2. The number of halogens is 1. The zero-order valence-corrected chi connectivity index (χ0v) is 13.2. The summed E-state index contributed by atoms with van der Waals surface area (Å²) >= 11 is 0. The maximum absolute atomic E-state index is 13.7. The van der Waals surface area contributed by atoms with Crippen LogP contribution in [0.5, 0.6) is 0 Å². The van der Waals surface area contributed by atoms with E-state index in [0.29, 0.717) is 22.5 Å². The van der Waals surface area contributed by atoms with Gasteiger partial charge in [-0.15, -0.1) is 0 Å². The highest BCUT2D eigenvalue weighted by atomic mass is 19.1. The summed E-state index contributed by atoms with van der Waals surface area (Å²) in [6.45, 7) is 0.242. The molecule has 0 atom stereocenters. The van der Waals surface area contributed by atoms with E-state index in [1.165, 1.54) is 16.9 Å². The Morgan fingerprint density at radius 2 is 1.96 bits per heavy atom. The van der Waals surface area contributed by atoms with Crippen molar-refractivity contribution < 1.29 is 12.0 Å². The lowest BCUT2D eigenvalue weighted by atomic mass is 10.1. The fraction of sp³-hybridized carbons (Fsp3) is 0.0556. The number of para-hydroxylation sites is 1. The maximum Gasteiger partial charge on any atom is 0.274 e. The van der Waals surface area contributed by atoms with Crippen LogP contribution in [0.25, 0.3) is 0 Å². The molecule has 4 N–H and O–H groups in total. The topological polar surface area (TPSA) is 96.8 Å². The molecule has 1 amide bonds. The van der Waals surface area contributed by atoms with Crippen molar-refractivity contribution >= 4 is 23.0 Å². The Balaban J connectivity index is 0.00000182. The molecule has 0 fully saturated rings. The normalized spacial score (nSPS) is 10.4. The van der Waals surface area contributed by atoms with E-state index in [1.807, 2.05) is 0 Å². The van der Waals surface area contributed by atoms with Crippen molar-refractivity contribution in [2.24, 2.45) is 0 Å². The summed E-state index contributed by atoms with van der Waals surface area (Å²) in [6, 6.07) is 13.1. The second kappa shape index (κ2) is 6.96. The summed E-state index contributed by atoms with van der Waals surface area (Å²) < 4.78 is 15.2. The van der Waals surface area contributed by atoms with Crippen LogP contribution in [0.1, 0.15) is 14.0 Å². The molecule has 0 bridgehead atoms. The number of rotatable bonds is 5. The van der Waals surface area contributed by atoms with Crippen molar-refractivity contribution in [3.8, 4) is 0 Å². The standard InChI is InChI=1S/C18H16FN5O.2H2/c19-15-7-3-1-5-12(15)10-24-11-13(9-22-24)23-18(25)17(21)14-6-2-4-8-16(14)20;;/h1-9,11,21H,10,20H2,(H,23,25);2*1H. The number of hydrogen-bond donors (Lipinski definition) is 3. The van der Waals surface area contributed by atoms with Gasteiger partial charge in [-0.3, -0.25) is 14.9 Å². The summed E-state index contributed by atoms with van der Waals surface area (Å²) in [5.41, 5.74) is 7.18. The van der Waals surface area contributed by atoms with E-state index < -0.39 is 5.91 Å². The van der Waals surface area contributed by atoms with Gasteiger partial charge < -0.3 is 11.1 Å². The van der Waals surface area contributed by atoms with Gasteiger partial charge in [0.15, 0.2) is 0 Å². The number of benzene rings is 2. The number of carbonyl (C=O) groups is 1. The third-order valence-electron chi connectivity index (χ3n) is 3.64. The van der Waals surface area contributed by atoms with Gasteiger partial charge >= 0.3 is 0 Å². The summed E-state index contributed by atoms with van der Waals surface area (Å²) in [5, 5.41) is 14.7. The number of nitrogen functional groups attached to an aromatic ring is 1. The molecule has 25 heavy (non-hydrogen) atoms. The quantitative estimate of drug-likeness (QED) is 0.491. The second-order valence-electron chi connectivity index (χ2n) is 5.43. The van der Waals surface area contributed by atoms with Crippen LogP contribution < -0.4 is 11.1 Å². The smallest absolute Gasteiger partial charge is 0.274 e. The first kappa shape index (κ1) is 16.4. The molecule has 0 saturated heterocycles. The van der Waals surface area contributed by atoms with E-state index in [4.69, 9.17) is 11.1 Å². The predicted molar refractivity (Wildman–Crippen MR) is 98.3 cm³/mol. The minimum atomic E-state index is -0.594. The number of hydrogen-bond acceptors (Lipinski definition) is 4. The fourth-order valence-electron chi connectivity index (χ4n) is 2.36. The SMILES string of the molecule is N=C(C(=O)Nc1cnn(Cc2ccccc2F)c1)c1ccccc1N.[HH].[HH]. The zero-order chi connectivity index (χ0) is 17.8. The molecule has 0 aliphatic carbocycles. The lowest BCUT2D eigenvalue weighted by molar-refractivity contribution is -0.110. The minimum absolute atomic E-state index is 0. The molecule has 0 aliphatic heterocycles. The molecule has 2 aromatic carbocycles. The van der Waals surface area contributed by atoms with Gasteiger partial charge in [0, 0.05) is 25.9 Å². The summed E-state index contributed by atoms with van der Waals surface area (Å²) in [4.78, 5) is 12.2. The average molecular weight is 341 g/mol. The molecule has 0 radical (unpaired) electrons. The number of nitrogens with two attached hydrogens (primary N) is 1. The Labute approximate surface area is 146 Å². The van der Waals surface area contributed by atoms with Crippen LogP contribution in [0.4, 0.5) is 15.8 Å². The van der Waals surface area contributed by atoms with Crippen molar-refractivity contribution in [1.29, 1.82) is 5.41 Å². The molecule has 3 aromatic rings. The van der Waals surface area contributed by atoms with E-state index >= 15 is 0 Å². The highest BCUT2D eigenvalue weighted by molar-refractivity contribution is 6.48. The van der Waals surface area contributed by atoms with Crippen LogP contribution in [0.2, 0.25) is 0 Å². The van der Waals surface area contributed by atoms with Gasteiger partial charge in [0.2, 0.25) is 0 Å². The summed E-state index contributed by atoms with van der Waals surface area (Å²) in [7, 11) is 0. The molecule has 0 spiro atoms. The van der Waals surface area contributed by atoms with Crippen molar-refractivity contribution in [1.82, 2.24) is 9.78 Å². The van der Waals surface area contributed by atoms with Crippen LogP contribution in [-0.2, 0) is 11.3 Å². The van der Waals surface area contributed by atoms with Gasteiger partial charge in [-0.1, -0.05) is 36.4 Å². The molecule has 7 heteroatoms. The third kappa shape index (κ3) is 3.72. The van der Waals surface area contributed by atoms with Gasteiger partial charge in [-0.2, -0.15) is 5.10 Å². The minimum Gasteiger partial charge on any atom is -0.398 e. The average Bonchev–Trinajstić information content (AvgIpc) is 3.04. The lowest BCUT2D eigenvalue weighted by Gasteiger charge is -2.07. The van der Waals surface area contributed by atoms with Crippen molar-refractivity contribution in [2.45, 2.75) is 6.54 Å². The van der Waals surface area contributed by atoms with E-state index in [-0.39, 0.29) is 20.9 Å². The van der Waals surface area contributed by atoms with E-state index in [0.717, 1.165) is 0 Å². The van der Waals surface area contributed by atoms with Crippen molar-refractivity contribution in [3.63, 3.8) is 0 Å². The van der Waals surface area contributed by atoms with Gasteiger partial charge in [-0.25, -0.2) is 4.39 Å². The van der Waals surface area contributed by atoms with Crippen LogP contribution in [-0.4, -0.2) is 21.4 Å². The molecule has 3 rings (SSSR count). The third-order valence-corrected chi connectivity index (χ3v) is 3.64. The number of carbonyl (C=O) groups excluding carboxylic acids is 1. The van der Waals surface area contributed by atoms with Crippen LogP contribution in [0.15, 0.2) is 60.9 Å². The maximum atomic E-state index is 13.7. The molecular formula is C18H20FN5O. The first-order valence-electron chi connectivity index (χ1n) is 7.55. The van der Waals surface area contributed by atoms with E-state index in [2.05, 4.69) is 10.4 Å². The van der Waals surface area contributed by atoms with E-state index in [1.54, 1.807) is 48.7 Å². The van der Waals surface area contributed by atoms with Gasteiger partial charge in [-0.05, 0) is 12.1 Å². The fourth-order valence-corrected chi connectivity index (χ4v) is 2.36. The molecular weight excluding hydrogens is 321 g/mol. The largest absolute Gasteiger partial charge is 0.398 e. The summed E-state index contributed by atoms with van der Waals surface area (Å²) in [5.74, 6) is -0.909. The molecule has 6 nitrogen and oxygen atoms in total. The number of anilines is 2. The highest BCUT2D eigenvalue weighted by Crippen LogP contribution is 2.14. The number of amides is 1. The second-order valence-corrected chi connectivity index (χ2v) is 5.43. The Bertz CT molecular complexity index is 945. The molecule has 0 unspecified atom stereocenters. The Hall–Kier alpha value is -3.48. The van der Waals surface area contributed by atoms with Crippen molar-refractivity contribution in [2.75, 3.05) is 11.1 Å². The molecule has 1 aromatic heterocycles. The molecule has 130 valence electrons. The first-order chi connectivity index (χ1) is 12.0. The van der Waals surface area contributed by atoms with Gasteiger partial charge in [0.05, 0.1) is 18.4 Å². The van der Waals surface area contributed by atoms with E-state index in [9.17, 15) is 9.18 Å². The summed E-state index contributed by atoms with van der Waals surface area (Å²) in [6.07, 6.45) is 3.02. The van der Waals surface area contributed by atoms with Crippen LogP contribution in [0, 0.1) is 11.2 Å².